The van der Waals surface area contributed by atoms with Gasteiger partial charge in [-0.1, -0.05) is 23.7 Å². The van der Waals surface area contributed by atoms with E-state index in [4.69, 9.17) is 16.3 Å². The maximum absolute atomic E-state index is 6.10. The number of hydrogen-bond donors (Lipinski definition) is 1. The second-order valence-electron chi connectivity index (χ2n) is 7.32. The number of nitrogens with zero attached hydrogens (tertiary/aromatic N) is 4. The number of guanidine groups is 1. The van der Waals surface area contributed by atoms with Gasteiger partial charge >= 0.3 is 0 Å². The van der Waals surface area contributed by atoms with E-state index in [1.54, 1.807) is 7.11 Å². The number of aromatic nitrogens is 1. The van der Waals surface area contributed by atoms with Crippen LogP contribution in [0.2, 0.25) is 5.02 Å². The van der Waals surface area contributed by atoms with E-state index >= 15 is 0 Å². The van der Waals surface area contributed by atoms with Crippen molar-refractivity contribution in [1.82, 2.24) is 14.8 Å². The fraction of sp³-hybridized carbons (Fsp3) is 0.476. The first-order valence-electron chi connectivity index (χ1n) is 9.62. The van der Waals surface area contributed by atoms with Gasteiger partial charge in [-0.2, -0.15) is 0 Å². The van der Waals surface area contributed by atoms with Crippen LogP contribution in [0, 0.1) is 5.92 Å². The summed E-state index contributed by atoms with van der Waals surface area (Å²) in [5.41, 5.74) is 2.33. The van der Waals surface area contributed by atoms with E-state index in [-0.39, 0.29) is 0 Å². The summed E-state index contributed by atoms with van der Waals surface area (Å²) in [6.45, 7) is 3.71. The molecule has 1 aromatic heterocycles. The number of hydrogen-bond acceptors (Lipinski definition) is 3. The first-order valence-corrected chi connectivity index (χ1v) is 10.00. The van der Waals surface area contributed by atoms with Crippen molar-refractivity contribution in [2.75, 3.05) is 45.7 Å². The molecule has 0 bridgehead atoms. The van der Waals surface area contributed by atoms with Crippen LogP contribution in [0.25, 0.3) is 0 Å². The molecule has 0 spiro atoms. The predicted octanol–water partition coefficient (Wildman–Crippen LogP) is 3.22. The third-order valence-electron chi connectivity index (χ3n) is 5.31. The topological polar surface area (TPSA) is 45.0 Å². The van der Waals surface area contributed by atoms with Gasteiger partial charge in [0, 0.05) is 52.7 Å². The van der Waals surface area contributed by atoms with Crippen LogP contribution in [0.1, 0.15) is 12.1 Å². The highest BCUT2D eigenvalue weighted by Gasteiger charge is 2.25. The van der Waals surface area contributed by atoms with Crippen LogP contribution >= 0.6 is 11.6 Å². The summed E-state index contributed by atoms with van der Waals surface area (Å²) >= 11 is 6.10. The Kier molecular flexibility index (Phi) is 6.73. The Balaban J connectivity index is 1.53. The summed E-state index contributed by atoms with van der Waals surface area (Å²) in [6, 6.07) is 10.2. The molecule has 1 aliphatic rings. The lowest BCUT2D eigenvalue weighted by Crippen LogP contribution is -2.41. The molecule has 7 heteroatoms. The number of aryl methyl sites for hydroxylation is 1. The Morgan fingerprint density at radius 3 is 2.86 bits per heavy atom. The first kappa shape index (κ1) is 20.4. The summed E-state index contributed by atoms with van der Waals surface area (Å²) < 4.78 is 7.56. The van der Waals surface area contributed by atoms with Crippen LogP contribution in [0.5, 0.6) is 5.75 Å². The Morgan fingerprint density at radius 2 is 2.18 bits per heavy atom. The van der Waals surface area contributed by atoms with Gasteiger partial charge in [-0.05, 0) is 30.5 Å². The standard InChI is InChI=1S/C21H30ClN5O/c1-23-21(26(3)15-18-11-17(22)14-25(18)2)24-12-16-9-10-27(13-16)19-7-5-6-8-20(19)28-4/h5-8,11,14,16H,9-10,12-13,15H2,1-4H3,(H,23,24). The van der Waals surface area contributed by atoms with Crippen LogP contribution in [-0.4, -0.2) is 56.3 Å². The van der Waals surface area contributed by atoms with E-state index in [9.17, 15) is 0 Å². The van der Waals surface area contributed by atoms with E-state index in [2.05, 4.69) is 32.2 Å². The maximum Gasteiger partial charge on any atom is 0.193 e. The molecule has 1 unspecified atom stereocenters. The Bertz CT molecular complexity index is 819. The van der Waals surface area contributed by atoms with Crippen LogP contribution in [-0.2, 0) is 13.6 Å². The molecule has 0 saturated carbocycles. The lowest BCUT2D eigenvalue weighted by molar-refractivity contribution is 0.414. The highest BCUT2D eigenvalue weighted by Crippen LogP contribution is 2.31. The van der Waals surface area contributed by atoms with Crippen LogP contribution in [0.15, 0.2) is 41.5 Å². The van der Waals surface area contributed by atoms with E-state index in [0.717, 1.165) is 55.0 Å². The monoisotopic (exact) mass is 403 g/mol. The van der Waals surface area contributed by atoms with Gasteiger partial charge < -0.3 is 24.4 Å². The van der Waals surface area contributed by atoms with Crippen molar-refractivity contribution >= 4 is 23.2 Å². The van der Waals surface area contributed by atoms with Gasteiger partial charge in [0.2, 0.25) is 0 Å². The number of anilines is 1. The molecular formula is C21H30ClN5O. The Labute approximate surface area is 172 Å². The number of para-hydroxylation sites is 2. The van der Waals surface area contributed by atoms with Crippen molar-refractivity contribution in [3.8, 4) is 5.75 Å². The molecule has 152 valence electrons. The average molecular weight is 404 g/mol. The minimum atomic E-state index is 0.569. The first-order chi connectivity index (χ1) is 13.5. The molecule has 2 heterocycles. The highest BCUT2D eigenvalue weighted by atomic mass is 35.5. The summed E-state index contributed by atoms with van der Waals surface area (Å²) in [5, 5.41) is 4.29. The number of rotatable bonds is 6. The van der Waals surface area contributed by atoms with Gasteiger partial charge in [0.15, 0.2) is 5.96 Å². The second-order valence-corrected chi connectivity index (χ2v) is 7.75. The lowest BCUT2D eigenvalue weighted by atomic mass is 10.1. The number of benzene rings is 1. The molecule has 1 fully saturated rings. The fourth-order valence-corrected chi connectivity index (χ4v) is 4.04. The number of nitrogens with one attached hydrogen (secondary N) is 1. The number of halogens is 1. The zero-order valence-corrected chi connectivity index (χ0v) is 17.9. The number of aliphatic imine (C=N–C) groups is 1. The minimum absolute atomic E-state index is 0.569. The molecule has 6 nitrogen and oxygen atoms in total. The molecule has 3 rings (SSSR count). The summed E-state index contributed by atoms with van der Waals surface area (Å²) in [4.78, 5) is 8.97. The molecule has 1 aliphatic heterocycles. The van der Waals surface area contributed by atoms with E-state index in [0.29, 0.717) is 5.92 Å². The van der Waals surface area contributed by atoms with Gasteiger partial charge in [-0.25, -0.2) is 0 Å². The maximum atomic E-state index is 6.10. The summed E-state index contributed by atoms with van der Waals surface area (Å²) in [6.07, 6.45) is 3.07. The van der Waals surface area contributed by atoms with Crippen LogP contribution in [0.4, 0.5) is 5.69 Å². The predicted molar refractivity (Wildman–Crippen MR) is 117 cm³/mol. The van der Waals surface area contributed by atoms with Gasteiger partial charge in [-0.3, -0.25) is 4.99 Å². The smallest absolute Gasteiger partial charge is 0.193 e. The van der Waals surface area contributed by atoms with E-state index in [1.807, 2.05) is 50.1 Å². The SMILES string of the molecule is CN=C(NCC1CCN(c2ccccc2OC)C1)N(C)Cc1cc(Cl)cn1C. The fourth-order valence-electron chi connectivity index (χ4n) is 3.77. The molecular weight excluding hydrogens is 374 g/mol. The molecule has 1 saturated heterocycles. The van der Waals surface area contributed by atoms with Gasteiger partial charge in [0.05, 0.1) is 24.4 Å². The molecule has 0 aliphatic carbocycles. The normalized spacial score (nSPS) is 17.1. The quantitative estimate of drug-likeness (QED) is 0.594. The van der Waals surface area contributed by atoms with Crippen LogP contribution < -0.4 is 15.0 Å². The number of ether oxygens (including phenoxy) is 1. The van der Waals surface area contributed by atoms with Gasteiger partial charge in [0.1, 0.15) is 5.75 Å². The van der Waals surface area contributed by atoms with Crippen molar-refractivity contribution < 1.29 is 4.74 Å². The summed E-state index contributed by atoms with van der Waals surface area (Å²) in [7, 11) is 7.61. The zero-order valence-electron chi connectivity index (χ0n) is 17.2. The molecule has 2 aromatic rings. The third kappa shape index (κ3) is 4.73. The van der Waals surface area contributed by atoms with Crippen molar-refractivity contribution in [2.45, 2.75) is 13.0 Å². The van der Waals surface area contributed by atoms with Crippen molar-refractivity contribution in [2.24, 2.45) is 18.0 Å². The Morgan fingerprint density at radius 1 is 1.39 bits per heavy atom. The van der Waals surface area contributed by atoms with Crippen molar-refractivity contribution in [1.29, 1.82) is 0 Å². The third-order valence-corrected chi connectivity index (χ3v) is 5.51. The lowest BCUT2D eigenvalue weighted by Gasteiger charge is -2.24. The molecule has 28 heavy (non-hydrogen) atoms. The average Bonchev–Trinajstić information content (AvgIpc) is 3.28. The molecule has 1 N–H and O–H groups in total. The van der Waals surface area contributed by atoms with E-state index in [1.165, 1.54) is 5.69 Å². The highest BCUT2D eigenvalue weighted by molar-refractivity contribution is 6.30. The Hall–Kier alpha value is -2.34. The number of methoxy groups -OCH3 is 1. The second kappa shape index (κ2) is 9.24. The molecule has 1 atom stereocenters. The van der Waals surface area contributed by atoms with Crippen molar-refractivity contribution in [3.63, 3.8) is 0 Å². The molecule has 0 amide bonds. The minimum Gasteiger partial charge on any atom is -0.495 e. The zero-order chi connectivity index (χ0) is 20.1. The largest absolute Gasteiger partial charge is 0.495 e. The van der Waals surface area contributed by atoms with Crippen molar-refractivity contribution in [3.05, 3.63) is 47.2 Å². The van der Waals surface area contributed by atoms with Gasteiger partial charge in [0.25, 0.3) is 0 Å². The van der Waals surface area contributed by atoms with Gasteiger partial charge in [-0.15, -0.1) is 0 Å². The van der Waals surface area contributed by atoms with Crippen LogP contribution in [0.3, 0.4) is 0 Å². The molecule has 0 radical (unpaired) electrons. The molecule has 1 aromatic carbocycles. The summed E-state index contributed by atoms with van der Waals surface area (Å²) in [5.74, 6) is 2.40. The van der Waals surface area contributed by atoms with E-state index < -0.39 is 0 Å².